The van der Waals surface area contributed by atoms with Crippen molar-refractivity contribution in [1.29, 1.82) is 0 Å². The van der Waals surface area contributed by atoms with Gasteiger partial charge in [-0.15, -0.1) is 0 Å². The normalized spacial score (nSPS) is 15.4. The van der Waals surface area contributed by atoms with Crippen LogP contribution in [-0.2, 0) is 6.18 Å². The van der Waals surface area contributed by atoms with Gasteiger partial charge in [-0.05, 0) is 24.3 Å². The number of fused-ring (bicyclic) bond motifs is 4. The average Bonchev–Trinajstić information content (AvgIpc) is 3.38. The van der Waals surface area contributed by atoms with Crippen molar-refractivity contribution in [2.45, 2.75) is 12.3 Å². The summed E-state index contributed by atoms with van der Waals surface area (Å²) in [6.07, 6.45) is -2.28. The Hall–Kier alpha value is -4.61. The van der Waals surface area contributed by atoms with Crippen LogP contribution in [0.15, 0.2) is 65.7 Å². The summed E-state index contributed by atoms with van der Waals surface area (Å²) < 4.78 is 54.0. The SMILES string of the molecule is O=c1c2c[nH]nc2c2cnc(NC[C@H]3COc4ccccc4O3)nc2n1-c1ccccc1C(F)(F)F. The minimum Gasteiger partial charge on any atom is -0.486 e. The van der Waals surface area contributed by atoms with Crippen LogP contribution >= 0.6 is 0 Å². The number of rotatable bonds is 4. The van der Waals surface area contributed by atoms with Crippen molar-refractivity contribution in [3.05, 3.63) is 76.8 Å². The van der Waals surface area contributed by atoms with Gasteiger partial charge < -0.3 is 14.8 Å². The summed E-state index contributed by atoms with van der Waals surface area (Å²) in [4.78, 5) is 22.0. The summed E-state index contributed by atoms with van der Waals surface area (Å²) >= 11 is 0. The van der Waals surface area contributed by atoms with Crippen molar-refractivity contribution in [1.82, 2.24) is 24.7 Å². The molecule has 12 heteroatoms. The number of benzene rings is 2. The maximum Gasteiger partial charge on any atom is 0.418 e. The van der Waals surface area contributed by atoms with E-state index in [0.717, 1.165) is 10.6 Å². The third-order valence-corrected chi connectivity index (χ3v) is 5.82. The fraction of sp³-hybridized carbons (Fsp3) is 0.167. The first-order chi connectivity index (χ1) is 17.4. The minimum atomic E-state index is -4.68. The number of ether oxygens (including phenoxy) is 2. The van der Waals surface area contributed by atoms with E-state index >= 15 is 0 Å². The van der Waals surface area contributed by atoms with Crippen LogP contribution in [-0.4, -0.2) is 44.0 Å². The molecule has 1 atom stereocenters. The Morgan fingerprint density at radius 1 is 1.08 bits per heavy atom. The number of hydrogen-bond donors (Lipinski definition) is 2. The van der Waals surface area contributed by atoms with E-state index in [4.69, 9.17) is 9.47 Å². The Balaban J connectivity index is 1.42. The largest absolute Gasteiger partial charge is 0.486 e. The number of H-pyrrole nitrogens is 1. The number of para-hydroxylation sites is 3. The van der Waals surface area contributed by atoms with Gasteiger partial charge in [-0.3, -0.25) is 14.5 Å². The first kappa shape index (κ1) is 21.9. The van der Waals surface area contributed by atoms with Gasteiger partial charge in [-0.2, -0.15) is 23.3 Å². The molecule has 0 unspecified atom stereocenters. The number of nitrogens with zero attached hydrogens (tertiary/aromatic N) is 4. The van der Waals surface area contributed by atoms with Crippen molar-refractivity contribution < 1.29 is 22.6 Å². The molecule has 5 aromatic rings. The molecule has 0 aliphatic carbocycles. The monoisotopic (exact) mass is 494 g/mol. The first-order valence-corrected chi connectivity index (χ1v) is 10.9. The van der Waals surface area contributed by atoms with Crippen LogP contribution in [0.2, 0.25) is 0 Å². The molecule has 182 valence electrons. The quantitative estimate of drug-likeness (QED) is 0.390. The van der Waals surface area contributed by atoms with Gasteiger partial charge in [0, 0.05) is 12.4 Å². The van der Waals surface area contributed by atoms with Gasteiger partial charge in [-0.25, -0.2) is 4.98 Å². The highest BCUT2D eigenvalue weighted by molar-refractivity contribution is 6.02. The summed E-state index contributed by atoms with van der Waals surface area (Å²) in [5, 5.41) is 10.2. The second-order valence-corrected chi connectivity index (χ2v) is 8.11. The van der Waals surface area contributed by atoms with Gasteiger partial charge in [0.05, 0.1) is 28.6 Å². The standard InChI is InChI=1S/C24H17F3N6O3/c25-24(26,27)16-5-1-2-6-17(16)33-21-14(20-15(22(33)34)11-30-32-20)10-29-23(31-21)28-9-13-12-35-18-7-3-4-8-19(18)36-13/h1-8,10-11,13H,9,12H2,(H,30,32)(H,28,29,31)/t13-/m0/s1. The molecule has 36 heavy (non-hydrogen) atoms. The first-order valence-electron chi connectivity index (χ1n) is 10.9. The lowest BCUT2D eigenvalue weighted by Crippen LogP contribution is -2.35. The third-order valence-electron chi connectivity index (χ3n) is 5.82. The Bertz CT molecular complexity index is 1660. The molecule has 0 saturated heterocycles. The van der Waals surface area contributed by atoms with Crippen LogP contribution in [0.5, 0.6) is 11.5 Å². The van der Waals surface area contributed by atoms with E-state index in [1.165, 1.54) is 30.6 Å². The van der Waals surface area contributed by atoms with Crippen molar-refractivity contribution in [2.75, 3.05) is 18.5 Å². The van der Waals surface area contributed by atoms with Crippen molar-refractivity contribution >= 4 is 27.9 Å². The molecule has 9 nitrogen and oxygen atoms in total. The van der Waals surface area contributed by atoms with Crippen molar-refractivity contribution in [3.8, 4) is 17.2 Å². The smallest absolute Gasteiger partial charge is 0.418 e. The van der Waals surface area contributed by atoms with Gasteiger partial charge in [0.15, 0.2) is 17.1 Å². The topological polar surface area (TPSA) is 107 Å². The minimum absolute atomic E-state index is 0.0139. The number of aromatic amines is 1. The zero-order chi connectivity index (χ0) is 24.9. The molecule has 1 aliphatic rings. The molecule has 0 bridgehead atoms. The predicted octanol–water partition coefficient (Wildman–Crippen LogP) is 3.93. The van der Waals surface area contributed by atoms with Gasteiger partial charge in [0.1, 0.15) is 18.2 Å². The lowest BCUT2D eigenvalue weighted by molar-refractivity contribution is -0.137. The Morgan fingerprint density at radius 3 is 2.69 bits per heavy atom. The molecular formula is C24H17F3N6O3. The van der Waals surface area contributed by atoms with Gasteiger partial charge in [-0.1, -0.05) is 24.3 Å². The molecule has 0 saturated carbocycles. The van der Waals surface area contributed by atoms with Gasteiger partial charge in [0.2, 0.25) is 5.95 Å². The molecule has 6 rings (SSSR count). The number of anilines is 1. The van der Waals surface area contributed by atoms with Crippen LogP contribution in [0.3, 0.4) is 0 Å². The highest BCUT2D eigenvalue weighted by atomic mass is 19.4. The van der Waals surface area contributed by atoms with E-state index in [9.17, 15) is 18.0 Å². The molecule has 2 N–H and O–H groups in total. The van der Waals surface area contributed by atoms with E-state index in [-0.39, 0.29) is 47.4 Å². The summed E-state index contributed by atoms with van der Waals surface area (Å²) in [6.45, 7) is 0.545. The lowest BCUT2D eigenvalue weighted by Gasteiger charge is -2.26. The number of aromatic nitrogens is 5. The van der Waals surface area contributed by atoms with Crippen LogP contribution in [0.25, 0.3) is 27.6 Å². The molecular weight excluding hydrogens is 477 g/mol. The highest BCUT2D eigenvalue weighted by Gasteiger charge is 2.34. The zero-order valence-electron chi connectivity index (χ0n) is 18.4. The lowest BCUT2D eigenvalue weighted by atomic mass is 10.1. The van der Waals surface area contributed by atoms with E-state index in [1.807, 2.05) is 12.1 Å². The van der Waals surface area contributed by atoms with Crippen LogP contribution in [0.4, 0.5) is 19.1 Å². The fourth-order valence-corrected chi connectivity index (χ4v) is 4.17. The Labute approximate surface area is 200 Å². The number of halogens is 3. The van der Waals surface area contributed by atoms with Crippen molar-refractivity contribution in [3.63, 3.8) is 0 Å². The Morgan fingerprint density at radius 2 is 1.86 bits per heavy atom. The number of alkyl halides is 3. The van der Waals surface area contributed by atoms with E-state index in [0.29, 0.717) is 16.9 Å². The zero-order valence-corrected chi connectivity index (χ0v) is 18.4. The van der Waals surface area contributed by atoms with Crippen molar-refractivity contribution in [2.24, 2.45) is 0 Å². The average molecular weight is 494 g/mol. The number of nitrogens with one attached hydrogen (secondary N) is 2. The van der Waals surface area contributed by atoms with Gasteiger partial charge >= 0.3 is 6.18 Å². The molecule has 4 heterocycles. The second-order valence-electron chi connectivity index (χ2n) is 8.11. The third kappa shape index (κ3) is 3.67. The summed E-state index contributed by atoms with van der Waals surface area (Å²) in [7, 11) is 0. The molecule has 0 spiro atoms. The van der Waals surface area contributed by atoms with E-state index in [1.54, 1.807) is 12.1 Å². The molecule has 3 aromatic heterocycles. The second kappa shape index (κ2) is 8.26. The highest BCUT2D eigenvalue weighted by Crippen LogP contribution is 2.35. The van der Waals surface area contributed by atoms with Crippen LogP contribution < -0.4 is 20.3 Å². The predicted molar refractivity (Wildman–Crippen MR) is 125 cm³/mol. The maximum absolute atomic E-state index is 13.8. The number of hydrogen-bond acceptors (Lipinski definition) is 7. The summed E-state index contributed by atoms with van der Waals surface area (Å²) in [5.74, 6) is 1.36. The summed E-state index contributed by atoms with van der Waals surface area (Å²) in [5.41, 5.74) is -1.74. The molecule has 1 aliphatic heterocycles. The van der Waals surface area contributed by atoms with Crippen LogP contribution in [0, 0.1) is 0 Å². The maximum atomic E-state index is 13.8. The van der Waals surface area contributed by atoms with E-state index in [2.05, 4.69) is 25.5 Å². The molecule has 0 amide bonds. The fourth-order valence-electron chi connectivity index (χ4n) is 4.17. The summed E-state index contributed by atoms with van der Waals surface area (Å²) in [6, 6.07) is 12.1. The van der Waals surface area contributed by atoms with Gasteiger partial charge in [0.25, 0.3) is 5.56 Å². The molecule has 2 aromatic carbocycles. The number of pyridine rings is 1. The van der Waals surface area contributed by atoms with Crippen LogP contribution in [0.1, 0.15) is 5.56 Å². The molecule has 0 fully saturated rings. The molecule has 0 radical (unpaired) electrons. The Kier molecular flexibility index (Phi) is 5.02. The van der Waals surface area contributed by atoms with E-state index < -0.39 is 17.3 Å².